The molecule has 0 aromatic heterocycles. The highest BCUT2D eigenvalue weighted by molar-refractivity contribution is 5.33. The molecule has 5 heteroatoms. The van der Waals surface area contributed by atoms with Gasteiger partial charge in [-0.1, -0.05) is 52.4 Å². The second kappa shape index (κ2) is 11.5. The highest BCUT2D eigenvalue weighted by atomic mass is 19.2. The molecule has 24 heavy (non-hydrogen) atoms. The van der Waals surface area contributed by atoms with E-state index in [-0.39, 0.29) is 5.69 Å². The van der Waals surface area contributed by atoms with Crippen LogP contribution in [0.5, 0.6) is 0 Å². The van der Waals surface area contributed by atoms with E-state index in [1.54, 1.807) is 0 Å². The van der Waals surface area contributed by atoms with Crippen molar-refractivity contribution in [1.82, 2.24) is 0 Å². The van der Waals surface area contributed by atoms with E-state index in [4.69, 9.17) is 0 Å². The molecule has 1 N–H and O–H groups in total. The number of benzene rings is 1. The molecule has 1 rings (SSSR count). The van der Waals surface area contributed by atoms with E-state index >= 15 is 0 Å². The van der Waals surface area contributed by atoms with Gasteiger partial charge in [-0.2, -0.15) is 4.39 Å². The van der Waals surface area contributed by atoms with Crippen LogP contribution in [0.4, 0.5) is 23.2 Å². The Labute approximate surface area is 143 Å². The van der Waals surface area contributed by atoms with Crippen LogP contribution < -0.4 is 4.90 Å². The first-order valence-electron chi connectivity index (χ1n) is 9.20. The molecule has 1 nitrogen and oxygen atoms in total. The maximum Gasteiger partial charge on any atom is 0.222 e. The fraction of sp³-hybridized carbons (Fsp3) is 0.684. The average Bonchev–Trinajstić information content (AvgIpc) is 2.58. The SMILES string of the molecule is CCCCCCCCC[NH+](CCCC)c1cc(F)c(F)c(F)c1F. The Morgan fingerprint density at radius 2 is 1.21 bits per heavy atom. The first-order chi connectivity index (χ1) is 11.5. The molecule has 0 heterocycles. The number of halogens is 4. The van der Waals surface area contributed by atoms with Crippen molar-refractivity contribution >= 4 is 5.69 Å². The van der Waals surface area contributed by atoms with E-state index in [1.807, 2.05) is 6.92 Å². The Morgan fingerprint density at radius 1 is 0.667 bits per heavy atom. The summed E-state index contributed by atoms with van der Waals surface area (Å²) in [5.74, 6) is -6.03. The molecule has 0 amide bonds. The van der Waals surface area contributed by atoms with E-state index < -0.39 is 23.3 Å². The number of hydrogen-bond acceptors (Lipinski definition) is 0. The minimum absolute atomic E-state index is 0.0918. The van der Waals surface area contributed by atoms with Crippen LogP contribution in [0.15, 0.2) is 6.07 Å². The third-order valence-corrected chi connectivity index (χ3v) is 4.40. The minimum Gasteiger partial charge on any atom is -0.300 e. The molecule has 1 atom stereocenters. The summed E-state index contributed by atoms with van der Waals surface area (Å²) in [6, 6.07) is 0.806. The molecule has 0 aliphatic heterocycles. The highest BCUT2D eigenvalue weighted by Crippen LogP contribution is 2.20. The summed E-state index contributed by atoms with van der Waals surface area (Å²) >= 11 is 0. The molecule has 0 aliphatic rings. The normalized spacial score (nSPS) is 12.6. The van der Waals surface area contributed by atoms with Gasteiger partial charge < -0.3 is 0 Å². The smallest absolute Gasteiger partial charge is 0.222 e. The summed E-state index contributed by atoms with van der Waals surface area (Å²) < 4.78 is 54.1. The Balaban J connectivity index is 2.65. The van der Waals surface area contributed by atoms with Gasteiger partial charge in [-0.15, -0.1) is 0 Å². The predicted molar refractivity (Wildman–Crippen MR) is 89.5 cm³/mol. The Kier molecular flexibility index (Phi) is 9.99. The zero-order chi connectivity index (χ0) is 17.9. The lowest BCUT2D eigenvalue weighted by molar-refractivity contribution is -0.834. The molecule has 0 bridgehead atoms. The van der Waals surface area contributed by atoms with Crippen LogP contribution >= 0.6 is 0 Å². The van der Waals surface area contributed by atoms with E-state index in [0.29, 0.717) is 18.0 Å². The van der Waals surface area contributed by atoms with E-state index in [9.17, 15) is 17.6 Å². The molecule has 1 unspecified atom stereocenters. The van der Waals surface area contributed by atoms with Gasteiger partial charge in [0.25, 0.3) is 0 Å². The summed E-state index contributed by atoms with van der Waals surface area (Å²) in [6.07, 6.45) is 9.61. The molecule has 0 saturated heterocycles. The topological polar surface area (TPSA) is 4.44 Å². The third kappa shape index (κ3) is 6.42. The van der Waals surface area contributed by atoms with Gasteiger partial charge in [-0.3, -0.25) is 4.90 Å². The zero-order valence-corrected chi connectivity index (χ0v) is 14.9. The number of unbranched alkanes of at least 4 members (excludes halogenated alkanes) is 7. The number of hydrogen-bond donors (Lipinski definition) is 1. The molecular weight excluding hydrogens is 318 g/mol. The summed E-state index contributed by atoms with van der Waals surface area (Å²) in [6.45, 7) is 5.38. The van der Waals surface area contributed by atoms with Crippen molar-refractivity contribution in [3.63, 3.8) is 0 Å². The lowest BCUT2D eigenvalue weighted by Gasteiger charge is -2.20. The number of rotatable bonds is 12. The molecule has 0 fully saturated rings. The maximum atomic E-state index is 14.0. The van der Waals surface area contributed by atoms with E-state index in [1.165, 1.54) is 25.7 Å². The molecule has 138 valence electrons. The Hall–Kier alpha value is -1.10. The van der Waals surface area contributed by atoms with Crippen molar-refractivity contribution in [2.75, 3.05) is 13.1 Å². The van der Waals surface area contributed by atoms with Gasteiger partial charge in [0.1, 0.15) is 0 Å². The Bertz CT molecular complexity index is 491. The van der Waals surface area contributed by atoms with Gasteiger partial charge in [-0.25, -0.2) is 13.2 Å². The van der Waals surface area contributed by atoms with Gasteiger partial charge >= 0.3 is 0 Å². The van der Waals surface area contributed by atoms with Crippen LogP contribution in [-0.4, -0.2) is 13.1 Å². The minimum atomic E-state index is -1.73. The quantitative estimate of drug-likeness (QED) is 0.226. The Morgan fingerprint density at radius 3 is 1.83 bits per heavy atom. The largest absolute Gasteiger partial charge is 0.300 e. The lowest BCUT2D eigenvalue weighted by atomic mass is 10.1. The zero-order valence-electron chi connectivity index (χ0n) is 14.9. The summed E-state index contributed by atoms with van der Waals surface area (Å²) in [5.41, 5.74) is -0.0918. The molecule has 0 aliphatic carbocycles. The molecule has 0 saturated carbocycles. The molecule has 0 spiro atoms. The fourth-order valence-corrected chi connectivity index (χ4v) is 2.91. The van der Waals surface area contributed by atoms with Crippen molar-refractivity contribution in [2.24, 2.45) is 0 Å². The van der Waals surface area contributed by atoms with Gasteiger partial charge in [0.15, 0.2) is 17.3 Å². The predicted octanol–water partition coefficient (Wildman–Crippen LogP) is 5.31. The van der Waals surface area contributed by atoms with Crippen molar-refractivity contribution in [3.8, 4) is 0 Å². The van der Waals surface area contributed by atoms with Crippen molar-refractivity contribution in [2.45, 2.75) is 71.6 Å². The van der Waals surface area contributed by atoms with Crippen LogP contribution in [0.2, 0.25) is 0 Å². The van der Waals surface area contributed by atoms with Gasteiger partial charge in [-0.05, 0) is 19.3 Å². The summed E-state index contributed by atoms with van der Waals surface area (Å²) in [7, 11) is 0. The van der Waals surface area contributed by atoms with Crippen LogP contribution in [0, 0.1) is 23.3 Å². The molecule has 0 radical (unpaired) electrons. The first-order valence-corrected chi connectivity index (χ1v) is 9.20. The highest BCUT2D eigenvalue weighted by Gasteiger charge is 2.25. The van der Waals surface area contributed by atoms with Crippen molar-refractivity contribution in [1.29, 1.82) is 0 Å². The maximum absolute atomic E-state index is 14.0. The van der Waals surface area contributed by atoms with Crippen LogP contribution in [-0.2, 0) is 0 Å². The fourth-order valence-electron chi connectivity index (χ4n) is 2.91. The van der Waals surface area contributed by atoms with Gasteiger partial charge in [0.05, 0.1) is 13.1 Å². The number of nitrogens with one attached hydrogen (secondary N) is 1. The van der Waals surface area contributed by atoms with Crippen LogP contribution in [0.1, 0.15) is 71.6 Å². The second-order valence-electron chi connectivity index (χ2n) is 6.43. The second-order valence-corrected chi connectivity index (χ2v) is 6.43. The van der Waals surface area contributed by atoms with Crippen LogP contribution in [0.3, 0.4) is 0 Å². The molecule has 1 aromatic rings. The lowest BCUT2D eigenvalue weighted by Crippen LogP contribution is -3.07. The summed E-state index contributed by atoms with van der Waals surface area (Å²) in [5, 5.41) is 0. The monoisotopic (exact) mass is 348 g/mol. The molecular formula is C19H30F4N+. The van der Waals surface area contributed by atoms with Crippen LogP contribution in [0.25, 0.3) is 0 Å². The third-order valence-electron chi connectivity index (χ3n) is 4.40. The first kappa shape index (κ1) is 20.9. The van der Waals surface area contributed by atoms with E-state index in [2.05, 4.69) is 6.92 Å². The van der Waals surface area contributed by atoms with E-state index in [0.717, 1.165) is 38.2 Å². The average molecular weight is 348 g/mol. The molecule has 1 aromatic carbocycles. The standard InChI is InChI=1S/C19H29F4N/c1-3-5-7-8-9-10-11-13-24(12-6-4-2)16-14-15(20)17(21)19(23)18(16)22/h14H,3-13H2,1-2H3/p+1. The van der Waals surface area contributed by atoms with Gasteiger partial charge in [0.2, 0.25) is 11.6 Å². The van der Waals surface area contributed by atoms with Gasteiger partial charge in [0, 0.05) is 6.07 Å². The number of quaternary nitrogens is 1. The summed E-state index contributed by atoms with van der Waals surface area (Å²) in [4.78, 5) is 0.695. The van der Waals surface area contributed by atoms with Crippen molar-refractivity contribution < 1.29 is 22.5 Å². The van der Waals surface area contributed by atoms with Crippen molar-refractivity contribution in [3.05, 3.63) is 29.3 Å².